The fourth-order valence-electron chi connectivity index (χ4n) is 1.85. The average Bonchev–Trinajstić information content (AvgIpc) is 2.43. The van der Waals surface area contributed by atoms with Crippen LogP contribution in [0.15, 0.2) is 18.2 Å². The highest BCUT2D eigenvalue weighted by atomic mass is 32.2. The van der Waals surface area contributed by atoms with Crippen LogP contribution in [0.2, 0.25) is 0 Å². The summed E-state index contributed by atoms with van der Waals surface area (Å²) in [6.45, 7) is 7.88. The van der Waals surface area contributed by atoms with Gasteiger partial charge in [0.15, 0.2) is 0 Å². The predicted molar refractivity (Wildman–Crippen MR) is 83.0 cm³/mol. The Kier molecular flexibility index (Phi) is 7.02. The lowest BCUT2D eigenvalue weighted by Gasteiger charge is -2.12. The minimum absolute atomic E-state index is 0.192. The minimum atomic E-state index is -2.90. The Balaban J connectivity index is 2.54. The van der Waals surface area contributed by atoms with Gasteiger partial charge in [-0.05, 0) is 26.0 Å². The quantitative estimate of drug-likeness (QED) is 0.711. The van der Waals surface area contributed by atoms with Crippen LogP contribution in [0.25, 0.3) is 0 Å². The Morgan fingerprint density at radius 2 is 2.00 bits per heavy atom. The van der Waals surface area contributed by atoms with Crippen molar-refractivity contribution in [2.45, 2.75) is 33.7 Å². The second kappa shape index (κ2) is 8.27. The molecule has 0 saturated carbocycles. The first-order chi connectivity index (χ1) is 9.48. The zero-order chi connectivity index (χ0) is 15.0. The molecular formula is C15H25NO3S. The van der Waals surface area contributed by atoms with Gasteiger partial charge in [-0.2, -0.15) is 0 Å². The van der Waals surface area contributed by atoms with Gasteiger partial charge in [0, 0.05) is 17.9 Å². The first-order valence-corrected chi connectivity index (χ1v) is 8.94. The van der Waals surface area contributed by atoms with Gasteiger partial charge >= 0.3 is 0 Å². The van der Waals surface area contributed by atoms with E-state index in [2.05, 4.69) is 18.3 Å². The summed E-state index contributed by atoms with van der Waals surface area (Å²) in [4.78, 5) is 0. The normalized spacial score (nSPS) is 11.6. The summed E-state index contributed by atoms with van der Waals surface area (Å²) in [5, 5.41) is 3.28. The highest BCUT2D eigenvalue weighted by molar-refractivity contribution is 7.91. The Morgan fingerprint density at radius 3 is 2.65 bits per heavy atom. The van der Waals surface area contributed by atoms with E-state index in [9.17, 15) is 8.42 Å². The maximum atomic E-state index is 11.4. The van der Waals surface area contributed by atoms with E-state index < -0.39 is 9.84 Å². The maximum Gasteiger partial charge on any atom is 0.150 e. The lowest BCUT2D eigenvalue weighted by Crippen LogP contribution is -2.14. The van der Waals surface area contributed by atoms with Crippen molar-refractivity contribution in [2.24, 2.45) is 0 Å². The van der Waals surface area contributed by atoms with E-state index >= 15 is 0 Å². The highest BCUT2D eigenvalue weighted by Gasteiger charge is 2.08. The lowest BCUT2D eigenvalue weighted by atomic mass is 10.1. The second-order valence-corrected chi connectivity index (χ2v) is 7.30. The van der Waals surface area contributed by atoms with Crippen molar-refractivity contribution >= 4 is 9.84 Å². The van der Waals surface area contributed by atoms with E-state index in [0.717, 1.165) is 24.4 Å². The van der Waals surface area contributed by atoms with Crippen LogP contribution in [0.5, 0.6) is 5.75 Å². The van der Waals surface area contributed by atoms with Crippen LogP contribution in [0, 0.1) is 6.92 Å². The van der Waals surface area contributed by atoms with Crippen LogP contribution in [0.4, 0.5) is 0 Å². The monoisotopic (exact) mass is 299 g/mol. The molecule has 0 aliphatic carbocycles. The van der Waals surface area contributed by atoms with E-state index in [-0.39, 0.29) is 11.5 Å². The van der Waals surface area contributed by atoms with Gasteiger partial charge in [0.05, 0.1) is 12.4 Å². The van der Waals surface area contributed by atoms with Crippen molar-refractivity contribution in [1.29, 1.82) is 0 Å². The molecule has 0 saturated heterocycles. The first kappa shape index (κ1) is 17.0. The summed E-state index contributed by atoms with van der Waals surface area (Å²) < 4.78 is 28.5. The molecule has 114 valence electrons. The fraction of sp³-hybridized carbons (Fsp3) is 0.600. The molecule has 0 radical (unpaired) electrons. The Labute approximate surface area is 122 Å². The molecule has 1 rings (SSSR count). The molecule has 1 aromatic carbocycles. The number of aryl methyl sites for hydroxylation is 1. The topological polar surface area (TPSA) is 55.4 Å². The van der Waals surface area contributed by atoms with Crippen LogP contribution in [-0.2, 0) is 16.4 Å². The summed E-state index contributed by atoms with van der Waals surface area (Å²) in [6.07, 6.45) is 0.532. The molecule has 0 amide bonds. The van der Waals surface area contributed by atoms with Gasteiger partial charge in [0.2, 0.25) is 0 Å². The molecule has 0 atom stereocenters. The maximum absolute atomic E-state index is 11.4. The molecule has 0 bridgehead atoms. The average molecular weight is 299 g/mol. The number of rotatable bonds is 9. The third-order valence-corrected chi connectivity index (χ3v) is 4.87. The fourth-order valence-corrected chi connectivity index (χ4v) is 2.70. The largest absolute Gasteiger partial charge is 0.493 e. The number of ether oxygens (including phenoxy) is 1. The van der Waals surface area contributed by atoms with Crippen molar-refractivity contribution in [1.82, 2.24) is 5.32 Å². The molecule has 0 unspecified atom stereocenters. The molecule has 4 nitrogen and oxygen atoms in total. The third kappa shape index (κ3) is 5.92. The zero-order valence-corrected chi connectivity index (χ0v) is 13.4. The molecule has 1 N–H and O–H groups in total. The van der Waals surface area contributed by atoms with Gasteiger partial charge in [-0.15, -0.1) is 0 Å². The second-order valence-electron chi connectivity index (χ2n) is 4.83. The van der Waals surface area contributed by atoms with E-state index in [4.69, 9.17) is 4.74 Å². The molecule has 0 fully saturated rings. The van der Waals surface area contributed by atoms with Crippen LogP contribution in [0.1, 0.15) is 31.4 Å². The van der Waals surface area contributed by atoms with Gasteiger partial charge in [-0.3, -0.25) is 0 Å². The van der Waals surface area contributed by atoms with Crippen molar-refractivity contribution in [3.05, 3.63) is 29.3 Å². The first-order valence-electron chi connectivity index (χ1n) is 7.12. The van der Waals surface area contributed by atoms with E-state index in [1.165, 1.54) is 5.56 Å². The van der Waals surface area contributed by atoms with Crippen molar-refractivity contribution in [3.63, 3.8) is 0 Å². The third-order valence-electron chi connectivity index (χ3n) is 3.08. The summed E-state index contributed by atoms with van der Waals surface area (Å²) in [6, 6.07) is 6.06. The summed E-state index contributed by atoms with van der Waals surface area (Å²) in [5.74, 6) is 1.23. The van der Waals surface area contributed by atoms with Gasteiger partial charge in [0.25, 0.3) is 0 Å². The lowest BCUT2D eigenvalue weighted by molar-refractivity contribution is 0.313. The molecule has 0 spiro atoms. The van der Waals surface area contributed by atoms with E-state index in [1.54, 1.807) is 6.92 Å². The molecule has 0 heterocycles. The SMILES string of the molecule is CCNCc1cc(C)ccc1OCCCS(=O)(=O)CC. The summed E-state index contributed by atoms with van der Waals surface area (Å²) in [5.41, 5.74) is 2.31. The van der Waals surface area contributed by atoms with Gasteiger partial charge in [-0.1, -0.05) is 31.5 Å². The highest BCUT2D eigenvalue weighted by Crippen LogP contribution is 2.20. The molecule has 0 aliphatic heterocycles. The number of hydrogen-bond donors (Lipinski definition) is 1. The summed E-state index contributed by atoms with van der Waals surface area (Å²) in [7, 11) is -2.90. The van der Waals surface area contributed by atoms with Gasteiger partial charge < -0.3 is 10.1 Å². The van der Waals surface area contributed by atoms with E-state index in [1.807, 2.05) is 19.1 Å². The van der Waals surface area contributed by atoms with Gasteiger partial charge in [0.1, 0.15) is 15.6 Å². The zero-order valence-electron chi connectivity index (χ0n) is 12.6. The number of benzene rings is 1. The Morgan fingerprint density at radius 1 is 1.25 bits per heavy atom. The van der Waals surface area contributed by atoms with Crippen molar-refractivity contribution in [2.75, 3.05) is 24.7 Å². The Hall–Kier alpha value is -1.07. The molecule has 0 aromatic heterocycles. The molecule has 1 aromatic rings. The number of sulfone groups is 1. The standard InChI is InChI=1S/C15H25NO3S/c1-4-16-12-14-11-13(3)7-8-15(14)19-9-6-10-20(17,18)5-2/h7-8,11,16H,4-6,9-10,12H2,1-3H3. The van der Waals surface area contributed by atoms with Crippen LogP contribution >= 0.6 is 0 Å². The summed E-state index contributed by atoms with van der Waals surface area (Å²) >= 11 is 0. The minimum Gasteiger partial charge on any atom is -0.493 e. The van der Waals surface area contributed by atoms with E-state index in [0.29, 0.717) is 13.0 Å². The molecule has 0 aliphatic rings. The molecule has 20 heavy (non-hydrogen) atoms. The van der Waals surface area contributed by atoms with Crippen molar-refractivity contribution < 1.29 is 13.2 Å². The number of nitrogens with one attached hydrogen (secondary N) is 1. The van der Waals surface area contributed by atoms with Crippen LogP contribution in [0.3, 0.4) is 0 Å². The van der Waals surface area contributed by atoms with Gasteiger partial charge in [-0.25, -0.2) is 8.42 Å². The smallest absolute Gasteiger partial charge is 0.150 e. The van der Waals surface area contributed by atoms with Crippen molar-refractivity contribution in [3.8, 4) is 5.75 Å². The van der Waals surface area contributed by atoms with Crippen LogP contribution < -0.4 is 10.1 Å². The Bertz CT molecular complexity index is 512. The molecular weight excluding hydrogens is 274 g/mol. The number of hydrogen-bond acceptors (Lipinski definition) is 4. The van der Waals surface area contributed by atoms with Crippen LogP contribution in [-0.4, -0.2) is 33.1 Å². The predicted octanol–water partition coefficient (Wildman–Crippen LogP) is 2.31. The molecule has 5 heteroatoms.